The average Bonchev–Trinajstić information content (AvgIpc) is 3.40. The van der Waals surface area contributed by atoms with Gasteiger partial charge in [0.2, 0.25) is 0 Å². The molecule has 3 aromatic carbocycles. The number of furan rings is 1. The van der Waals surface area contributed by atoms with Crippen LogP contribution in [-0.4, -0.2) is 27.8 Å². The highest BCUT2D eigenvalue weighted by atomic mass is 16.4. The molecule has 0 aliphatic rings. The first-order valence-electron chi connectivity index (χ1n) is 10.7. The van der Waals surface area contributed by atoms with Crippen molar-refractivity contribution in [1.82, 2.24) is 9.99 Å². The number of nitrogens with zero attached hydrogens (tertiary/aromatic N) is 2. The van der Waals surface area contributed by atoms with Crippen LogP contribution in [0.5, 0.6) is 0 Å². The van der Waals surface area contributed by atoms with Crippen LogP contribution >= 0.6 is 0 Å². The van der Waals surface area contributed by atoms with E-state index in [-0.39, 0.29) is 11.3 Å². The van der Waals surface area contributed by atoms with Crippen molar-refractivity contribution in [3.63, 3.8) is 0 Å². The summed E-state index contributed by atoms with van der Waals surface area (Å²) in [5, 5.41) is 16.4. The number of fused-ring (bicyclic) bond motifs is 3. The van der Waals surface area contributed by atoms with Crippen LogP contribution in [0.25, 0.3) is 27.4 Å². The Labute approximate surface area is 194 Å². The first-order valence-corrected chi connectivity index (χ1v) is 10.7. The summed E-state index contributed by atoms with van der Waals surface area (Å²) >= 11 is 0. The number of nitrogens with one attached hydrogen (secondary N) is 1. The van der Waals surface area contributed by atoms with E-state index in [1.54, 1.807) is 30.5 Å². The van der Waals surface area contributed by atoms with Gasteiger partial charge in [0.05, 0.1) is 11.8 Å². The molecule has 34 heavy (non-hydrogen) atoms. The highest BCUT2D eigenvalue weighted by Gasteiger charge is 2.14. The third-order valence-electron chi connectivity index (χ3n) is 5.84. The van der Waals surface area contributed by atoms with Gasteiger partial charge in [-0.3, -0.25) is 4.79 Å². The maximum absolute atomic E-state index is 12.6. The fraction of sp³-hybridized carbons (Fsp3) is 0.0741. The molecule has 5 rings (SSSR count). The van der Waals surface area contributed by atoms with Crippen LogP contribution < -0.4 is 5.43 Å². The van der Waals surface area contributed by atoms with Crippen LogP contribution in [0.4, 0.5) is 0 Å². The van der Waals surface area contributed by atoms with E-state index in [9.17, 15) is 14.7 Å². The van der Waals surface area contributed by atoms with Crippen LogP contribution in [0.1, 0.15) is 37.9 Å². The number of amides is 1. The second-order valence-electron chi connectivity index (χ2n) is 8.03. The molecule has 0 spiro atoms. The zero-order valence-corrected chi connectivity index (χ0v) is 18.6. The number of hydrazone groups is 1. The first-order chi connectivity index (χ1) is 16.4. The van der Waals surface area contributed by atoms with Crippen LogP contribution in [0.15, 0.2) is 82.3 Å². The van der Waals surface area contributed by atoms with Gasteiger partial charge >= 0.3 is 11.9 Å². The highest BCUT2D eigenvalue weighted by Crippen LogP contribution is 2.28. The quantitative estimate of drug-likeness (QED) is 0.274. The molecule has 2 heterocycles. The van der Waals surface area contributed by atoms with Crippen molar-refractivity contribution in [1.29, 1.82) is 0 Å². The van der Waals surface area contributed by atoms with E-state index in [0.717, 1.165) is 38.8 Å². The molecule has 1 amide bonds. The maximum Gasteiger partial charge on any atom is 0.335 e. The number of carboxylic acid groups (broad SMARTS) is 1. The Morgan fingerprint density at radius 2 is 1.79 bits per heavy atom. The number of benzene rings is 3. The molecule has 2 aromatic heterocycles. The number of aromatic nitrogens is 1. The number of carboxylic acids is 1. The molecule has 0 fully saturated rings. The number of aryl methyl sites for hydroxylation is 1. The van der Waals surface area contributed by atoms with Gasteiger partial charge in [-0.1, -0.05) is 36.4 Å². The summed E-state index contributed by atoms with van der Waals surface area (Å²) in [6.45, 7) is 3.84. The molecule has 168 valence electrons. The van der Waals surface area contributed by atoms with Crippen molar-refractivity contribution in [2.45, 2.75) is 13.8 Å². The van der Waals surface area contributed by atoms with Gasteiger partial charge in [0.1, 0.15) is 5.58 Å². The smallest absolute Gasteiger partial charge is 0.335 e. The Morgan fingerprint density at radius 1 is 0.971 bits per heavy atom. The predicted molar refractivity (Wildman–Crippen MR) is 131 cm³/mol. The Bertz CT molecular complexity index is 1610. The van der Waals surface area contributed by atoms with E-state index >= 15 is 0 Å². The van der Waals surface area contributed by atoms with Gasteiger partial charge in [-0.05, 0) is 61.0 Å². The molecule has 0 aliphatic heterocycles. The monoisotopic (exact) mass is 451 g/mol. The second-order valence-corrected chi connectivity index (χ2v) is 8.03. The molecule has 5 aromatic rings. The van der Waals surface area contributed by atoms with E-state index in [1.165, 1.54) is 0 Å². The van der Waals surface area contributed by atoms with E-state index in [0.29, 0.717) is 5.58 Å². The summed E-state index contributed by atoms with van der Waals surface area (Å²) < 4.78 is 7.68. The summed E-state index contributed by atoms with van der Waals surface area (Å²) in [7, 11) is 0. The van der Waals surface area contributed by atoms with E-state index in [2.05, 4.69) is 10.5 Å². The molecule has 0 aliphatic carbocycles. The summed E-state index contributed by atoms with van der Waals surface area (Å²) in [5.74, 6) is -1.24. The van der Waals surface area contributed by atoms with Gasteiger partial charge in [-0.15, -0.1) is 0 Å². The topological polar surface area (TPSA) is 96.8 Å². The summed E-state index contributed by atoms with van der Waals surface area (Å²) in [4.78, 5) is 24.0. The molecule has 0 unspecified atom stereocenters. The molecule has 0 saturated heterocycles. The Kier molecular flexibility index (Phi) is 5.22. The van der Waals surface area contributed by atoms with Crippen molar-refractivity contribution >= 4 is 39.8 Å². The summed E-state index contributed by atoms with van der Waals surface area (Å²) in [6, 6.07) is 22.1. The van der Waals surface area contributed by atoms with E-state index in [4.69, 9.17) is 4.42 Å². The lowest BCUT2D eigenvalue weighted by molar-refractivity contribution is 0.0696. The van der Waals surface area contributed by atoms with Gasteiger partial charge in [0.25, 0.3) is 0 Å². The number of carbonyl (C=O) groups excluding carboxylic acids is 1. The third-order valence-corrected chi connectivity index (χ3v) is 5.84. The van der Waals surface area contributed by atoms with Gasteiger partial charge in [0.15, 0.2) is 5.76 Å². The molecule has 2 N–H and O–H groups in total. The van der Waals surface area contributed by atoms with Gasteiger partial charge in [-0.2, -0.15) is 5.10 Å². The molecule has 0 radical (unpaired) electrons. The average molecular weight is 451 g/mol. The minimum absolute atomic E-state index is 0.180. The van der Waals surface area contributed by atoms with Crippen LogP contribution in [-0.2, 0) is 0 Å². The Morgan fingerprint density at radius 3 is 2.62 bits per heavy atom. The van der Waals surface area contributed by atoms with Crippen molar-refractivity contribution in [2.24, 2.45) is 5.10 Å². The molecular formula is C27H21N3O4. The first kappa shape index (κ1) is 21.2. The largest absolute Gasteiger partial charge is 0.478 e. The standard InChI is InChI=1S/C27H21N3O4/c1-16-12-20(17(2)30(16)21-8-5-7-19(13-21)27(32)33)15-28-29-26(31)25-14-23-22-9-4-3-6-18(22)10-11-24(23)34-25/h3-15H,1-2H3,(H,29,31)(H,32,33)/b28-15+. The minimum Gasteiger partial charge on any atom is -0.478 e. The van der Waals surface area contributed by atoms with Crippen molar-refractivity contribution < 1.29 is 19.1 Å². The fourth-order valence-electron chi connectivity index (χ4n) is 4.21. The van der Waals surface area contributed by atoms with E-state index in [1.807, 2.05) is 66.9 Å². The molecule has 7 nitrogen and oxygen atoms in total. The Balaban J connectivity index is 1.38. The highest BCUT2D eigenvalue weighted by molar-refractivity contribution is 6.08. The van der Waals surface area contributed by atoms with Gasteiger partial charge in [-0.25, -0.2) is 10.2 Å². The van der Waals surface area contributed by atoms with Crippen LogP contribution in [0, 0.1) is 13.8 Å². The lowest BCUT2D eigenvalue weighted by Crippen LogP contribution is -2.16. The van der Waals surface area contributed by atoms with Gasteiger partial charge < -0.3 is 14.1 Å². The van der Waals surface area contributed by atoms with E-state index < -0.39 is 11.9 Å². The lowest BCUT2D eigenvalue weighted by Gasteiger charge is -2.10. The van der Waals surface area contributed by atoms with Crippen molar-refractivity contribution in [2.75, 3.05) is 0 Å². The SMILES string of the molecule is Cc1cc(/C=N/NC(=O)c2cc3c(ccc4ccccc43)o2)c(C)n1-c1cccc(C(=O)O)c1. The zero-order valence-electron chi connectivity index (χ0n) is 18.6. The molecule has 0 bridgehead atoms. The maximum atomic E-state index is 12.6. The molecular weight excluding hydrogens is 430 g/mol. The predicted octanol–water partition coefficient (Wildman–Crippen LogP) is 5.46. The third kappa shape index (κ3) is 3.73. The number of hydrogen-bond donors (Lipinski definition) is 2. The number of rotatable bonds is 5. The number of hydrogen-bond acceptors (Lipinski definition) is 4. The normalized spacial score (nSPS) is 11.5. The molecule has 7 heteroatoms. The number of carbonyl (C=O) groups is 2. The molecule has 0 atom stereocenters. The Hall–Kier alpha value is -4.65. The summed E-state index contributed by atoms with van der Waals surface area (Å²) in [6.07, 6.45) is 1.57. The van der Waals surface area contributed by atoms with Crippen molar-refractivity contribution in [3.05, 3.63) is 101 Å². The lowest BCUT2D eigenvalue weighted by atomic mass is 10.1. The number of aromatic carboxylic acids is 1. The molecule has 0 saturated carbocycles. The minimum atomic E-state index is -0.979. The van der Waals surface area contributed by atoms with Gasteiger partial charge in [0, 0.05) is 28.0 Å². The zero-order chi connectivity index (χ0) is 23.8. The second kappa shape index (κ2) is 8.37. The van der Waals surface area contributed by atoms with Crippen LogP contribution in [0.2, 0.25) is 0 Å². The van der Waals surface area contributed by atoms with Crippen molar-refractivity contribution in [3.8, 4) is 5.69 Å². The summed E-state index contributed by atoms with van der Waals surface area (Å²) in [5.41, 5.74) is 6.71. The fourth-order valence-corrected chi connectivity index (χ4v) is 4.21. The van der Waals surface area contributed by atoms with Crippen LogP contribution in [0.3, 0.4) is 0 Å².